The standard InChI is InChI=1S/C9H17N3O2/c1-6-3-12(5-8(6)10)4-7-2-11-9(13)14-7/h6-8H,2-5,10H2,1H3,(H,11,13). The molecule has 0 bridgehead atoms. The van der Waals surface area contributed by atoms with Crippen molar-refractivity contribution in [1.29, 1.82) is 0 Å². The number of hydrogen-bond donors (Lipinski definition) is 2. The first-order valence-electron chi connectivity index (χ1n) is 5.07. The van der Waals surface area contributed by atoms with E-state index in [4.69, 9.17) is 10.5 Å². The van der Waals surface area contributed by atoms with Gasteiger partial charge in [-0.2, -0.15) is 0 Å². The molecule has 0 spiro atoms. The fourth-order valence-electron chi connectivity index (χ4n) is 2.07. The van der Waals surface area contributed by atoms with Gasteiger partial charge >= 0.3 is 6.09 Å². The van der Waals surface area contributed by atoms with Crippen molar-refractivity contribution in [3.63, 3.8) is 0 Å². The van der Waals surface area contributed by atoms with Crippen molar-refractivity contribution in [2.24, 2.45) is 11.7 Å². The summed E-state index contributed by atoms with van der Waals surface area (Å²) in [5, 5.41) is 2.65. The zero-order valence-electron chi connectivity index (χ0n) is 8.40. The maximum absolute atomic E-state index is 10.8. The summed E-state index contributed by atoms with van der Waals surface area (Å²) in [4.78, 5) is 13.0. The summed E-state index contributed by atoms with van der Waals surface area (Å²) in [6, 6.07) is 0.264. The molecule has 0 aromatic heterocycles. The highest BCUT2D eigenvalue weighted by atomic mass is 16.6. The molecule has 5 nitrogen and oxygen atoms in total. The summed E-state index contributed by atoms with van der Waals surface area (Å²) >= 11 is 0. The summed E-state index contributed by atoms with van der Waals surface area (Å²) in [7, 11) is 0. The van der Waals surface area contributed by atoms with Crippen molar-refractivity contribution in [3.8, 4) is 0 Å². The normalized spacial score (nSPS) is 38.4. The molecule has 3 unspecified atom stereocenters. The van der Waals surface area contributed by atoms with Gasteiger partial charge in [0.25, 0.3) is 0 Å². The molecule has 2 heterocycles. The van der Waals surface area contributed by atoms with Gasteiger partial charge in [-0.1, -0.05) is 6.92 Å². The van der Waals surface area contributed by atoms with Crippen molar-refractivity contribution in [2.75, 3.05) is 26.2 Å². The van der Waals surface area contributed by atoms with Crippen LogP contribution in [0.3, 0.4) is 0 Å². The second-order valence-electron chi connectivity index (χ2n) is 4.27. The summed E-state index contributed by atoms with van der Waals surface area (Å²) in [5.74, 6) is 0.542. The van der Waals surface area contributed by atoms with Gasteiger partial charge in [0.05, 0.1) is 6.54 Å². The van der Waals surface area contributed by atoms with E-state index < -0.39 is 0 Å². The average molecular weight is 199 g/mol. The van der Waals surface area contributed by atoms with Gasteiger partial charge in [0, 0.05) is 25.7 Å². The lowest BCUT2D eigenvalue weighted by atomic mass is 10.1. The second kappa shape index (κ2) is 3.74. The SMILES string of the molecule is CC1CN(CC2CNC(=O)O2)CC1N. The monoisotopic (exact) mass is 199 g/mol. The minimum Gasteiger partial charge on any atom is -0.443 e. The van der Waals surface area contributed by atoms with E-state index in [0.29, 0.717) is 12.5 Å². The largest absolute Gasteiger partial charge is 0.443 e. The van der Waals surface area contributed by atoms with Crippen molar-refractivity contribution in [2.45, 2.75) is 19.1 Å². The molecule has 2 aliphatic heterocycles. The van der Waals surface area contributed by atoms with E-state index in [2.05, 4.69) is 17.1 Å². The summed E-state index contributed by atoms with van der Waals surface area (Å²) in [5.41, 5.74) is 5.91. The van der Waals surface area contributed by atoms with E-state index in [-0.39, 0.29) is 18.2 Å². The highest BCUT2D eigenvalue weighted by Gasteiger charge is 2.31. The number of hydrogen-bond acceptors (Lipinski definition) is 4. The highest BCUT2D eigenvalue weighted by Crippen LogP contribution is 2.15. The van der Waals surface area contributed by atoms with Crippen LogP contribution in [0.2, 0.25) is 0 Å². The second-order valence-corrected chi connectivity index (χ2v) is 4.27. The van der Waals surface area contributed by atoms with E-state index in [1.165, 1.54) is 0 Å². The number of likely N-dealkylation sites (tertiary alicyclic amines) is 1. The van der Waals surface area contributed by atoms with Crippen LogP contribution < -0.4 is 11.1 Å². The quantitative estimate of drug-likeness (QED) is 0.621. The molecule has 3 atom stereocenters. The molecule has 1 amide bonds. The molecule has 0 radical (unpaired) electrons. The predicted octanol–water partition coefficient (Wildman–Crippen LogP) is -0.626. The molecule has 2 rings (SSSR count). The topological polar surface area (TPSA) is 67.6 Å². The smallest absolute Gasteiger partial charge is 0.407 e. The van der Waals surface area contributed by atoms with Crippen molar-refractivity contribution >= 4 is 6.09 Å². The van der Waals surface area contributed by atoms with Gasteiger partial charge in [-0.15, -0.1) is 0 Å². The molecular weight excluding hydrogens is 182 g/mol. The third-order valence-electron chi connectivity index (χ3n) is 2.96. The Hall–Kier alpha value is -0.810. The average Bonchev–Trinajstić information content (AvgIpc) is 2.62. The number of carbonyl (C=O) groups excluding carboxylic acids is 1. The van der Waals surface area contributed by atoms with Gasteiger partial charge in [-0.25, -0.2) is 4.79 Å². The number of carbonyl (C=O) groups is 1. The molecule has 0 aromatic rings. The molecule has 3 N–H and O–H groups in total. The van der Waals surface area contributed by atoms with Gasteiger partial charge in [0.2, 0.25) is 0 Å². The van der Waals surface area contributed by atoms with Crippen LogP contribution in [0.15, 0.2) is 0 Å². The highest BCUT2D eigenvalue weighted by molar-refractivity contribution is 5.69. The van der Waals surface area contributed by atoms with Crippen molar-refractivity contribution in [1.82, 2.24) is 10.2 Å². The van der Waals surface area contributed by atoms with Crippen molar-refractivity contribution in [3.05, 3.63) is 0 Å². The summed E-state index contributed by atoms with van der Waals surface area (Å²) < 4.78 is 5.06. The van der Waals surface area contributed by atoms with E-state index in [1.54, 1.807) is 0 Å². The van der Waals surface area contributed by atoms with Gasteiger partial charge < -0.3 is 15.8 Å². The van der Waals surface area contributed by atoms with E-state index in [1.807, 2.05) is 0 Å². The third-order valence-corrected chi connectivity index (χ3v) is 2.96. The fourth-order valence-corrected chi connectivity index (χ4v) is 2.07. The van der Waals surface area contributed by atoms with Crippen LogP contribution in [0.5, 0.6) is 0 Å². The van der Waals surface area contributed by atoms with Crippen LogP contribution in [-0.2, 0) is 4.74 Å². The first-order chi connectivity index (χ1) is 6.65. The van der Waals surface area contributed by atoms with E-state index >= 15 is 0 Å². The zero-order valence-corrected chi connectivity index (χ0v) is 8.40. The van der Waals surface area contributed by atoms with Gasteiger partial charge in [-0.05, 0) is 5.92 Å². The fraction of sp³-hybridized carbons (Fsp3) is 0.889. The number of nitrogens with one attached hydrogen (secondary N) is 1. The minimum atomic E-state index is -0.299. The Balaban J connectivity index is 1.79. The third kappa shape index (κ3) is 1.99. The molecule has 2 saturated heterocycles. The molecule has 2 aliphatic rings. The van der Waals surface area contributed by atoms with Crippen LogP contribution in [0.4, 0.5) is 4.79 Å². The van der Waals surface area contributed by atoms with Gasteiger partial charge in [0.1, 0.15) is 6.10 Å². The molecule has 0 saturated carbocycles. The van der Waals surface area contributed by atoms with E-state index in [0.717, 1.165) is 19.6 Å². The molecule has 2 fully saturated rings. The van der Waals surface area contributed by atoms with Gasteiger partial charge in [-0.3, -0.25) is 4.90 Å². The molecular formula is C9H17N3O2. The number of rotatable bonds is 2. The molecule has 80 valence electrons. The molecule has 0 aliphatic carbocycles. The lowest BCUT2D eigenvalue weighted by molar-refractivity contribution is 0.115. The maximum Gasteiger partial charge on any atom is 0.407 e. The Morgan fingerprint density at radius 3 is 2.93 bits per heavy atom. The Morgan fingerprint density at radius 2 is 2.43 bits per heavy atom. The Kier molecular flexibility index (Phi) is 2.60. The Labute approximate surface area is 83.6 Å². The van der Waals surface area contributed by atoms with Crippen LogP contribution in [0, 0.1) is 5.92 Å². The number of nitrogens with two attached hydrogens (primary N) is 1. The molecule has 0 aromatic carbocycles. The zero-order chi connectivity index (χ0) is 10.1. The van der Waals surface area contributed by atoms with Gasteiger partial charge in [0.15, 0.2) is 0 Å². The van der Waals surface area contributed by atoms with Crippen molar-refractivity contribution < 1.29 is 9.53 Å². The maximum atomic E-state index is 10.8. The lowest BCUT2D eigenvalue weighted by Gasteiger charge is -2.18. The number of cyclic esters (lactones) is 1. The Bertz CT molecular complexity index is 224. The summed E-state index contributed by atoms with van der Waals surface area (Å²) in [6.07, 6.45) is -0.299. The lowest BCUT2D eigenvalue weighted by Crippen LogP contribution is -2.34. The Morgan fingerprint density at radius 1 is 1.64 bits per heavy atom. The van der Waals surface area contributed by atoms with Crippen LogP contribution in [0.25, 0.3) is 0 Å². The number of alkyl carbamates (subject to hydrolysis) is 1. The predicted molar refractivity (Wildman–Crippen MR) is 51.9 cm³/mol. The van der Waals surface area contributed by atoms with Crippen LogP contribution in [0.1, 0.15) is 6.92 Å². The first kappa shape index (κ1) is 9.73. The minimum absolute atomic E-state index is 0.000000000000000444. The van der Waals surface area contributed by atoms with Crippen LogP contribution in [-0.4, -0.2) is 49.3 Å². The molecule has 5 heteroatoms. The summed E-state index contributed by atoms with van der Waals surface area (Å²) in [6.45, 7) is 5.50. The van der Waals surface area contributed by atoms with E-state index in [9.17, 15) is 4.79 Å². The number of amides is 1. The number of ether oxygens (including phenoxy) is 1. The number of nitrogens with zero attached hydrogens (tertiary/aromatic N) is 1. The first-order valence-corrected chi connectivity index (χ1v) is 5.07. The molecule has 14 heavy (non-hydrogen) atoms. The van der Waals surface area contributed by atoms with Crippen LogP contribution >= 0.6 is 0 Å².